The summed E-state index contributed by atoms with van der Waals surface area (Å²) in [5.74, 6) is 0.00245. The summed E-state index contributed by atoms with van der Waals surface area (Å²) in [6.45, 7) is 5.71. The first-order chi connectivity index (χ1) is 7.63. The molecule has 0 saturated carbocycles. The summed E-state index contributed by atoms with van der Waals surface area (Å²) >= 11 is 0. The van der Waals surface area contributed by atoms with E-state index < -0.39 is 0 Å². The summed E-state index contributed by atoms with van der Waals surface area (Å²) in [5.41, 5.74) is 7.05. The maximum Gasteiger partial charge on any atom is 0.272 e. The van der Waals surface area contributed by atoms with Crippen molar-refractivity contribution < 1.29 is 4.79 Å². The smallest absolute Gasteiger partial charge is 0.272 e. The Morgan fingerprint density at radius 2 is 2.25 bits per heavy atom. The Hall–Kier alpha value is -1.36. The lowest BCUT2D eigenvalue weighted by Gasteiger charge is -2.19. The number of aromatic nitrogens is 2. The lowest BCUT2D eigenvalue weighted by molar-refractivity contribution is 0.0758. The molecule has 0 atom stereocenters. The van der Waals surface area contributed by atoms with Crippen molar-refractivity contribution in [2.75, 3.05) is 19.6 Å². The highest BCUT2D eigenvalue weighted by Crippen LogP contribution is 2.07. The van der Waals surface area contributed by atoms with Gasteiger partial charge in [0.25, 0.3) is 5.91 Å². The molecule has 1 heterocycles. The molecular formula is C11H20N4O. The number of rotatable bonds is 5. The van der Waals surface area contributed by atoms with E-state index in [1.807, 2.05) is 19.9 Å². The Bertz CT molecular complexity index is 359. The highest BCUT2D eigenvalue weighted by atomic mass is 16.2. The fraction of sp³-hybridized carbons (Fsp3) is 0.636. The molecule has 1 amide bonds. The van der Waals surface area contributed by atoms with Crippen LogP contribution < -0.4 is 5.73 Å². The minimum atomic E-state index is 0.00245. The molecule has 1 aromatic heterocycles. The molecule has 0 unspecified atom stereocenters. The molecule has 1 rings (SSSR count). The normalized spacial score (nSPS) is 10.5. The Morgan fingerprint density at radius 1 is 1.56 bits per heavy atom. The Labute approximate surface area is 96.2 Å². The highest BCUT2D eigenvalue weighted by molar-refractivity contribution is 5.92. The van der Waals surface area contributed by atoms with E-state index in [9.17, 15) is 4.79 Å². The van der Waals surface area contributed by atoms with Crippen molar-refractivity contribution >= 4 is 5.91 Å². The van der Waals surface area contributed by atoms with E-state index in [0.29, 0.717) is 25.3 Å². The predicted octanol–water partition coefficient (Wildman–Crippen LogP) is 0.403. The number of hydrogen-bond acceptors (Lipinski definition) is 3. The van der Waals surface area contributed by atoms with Gasteiger partial charge in [-0.3, -0.25) is 9.48 Å². The van der Waals surface area contributed by atoms with E-state index in [-0.39, 0.29) is 5.91 Å². The van der Waals surface area contributed by atoms with Gasteiger partial charge in [0.15, 0.2) is 0 Å². The van der Waals surface area contributed by atoms with Gasteiger partial charge < -0.3 is 10.6 Å². The zero-order valence-corrected chi connectivity index (χ0v) is 10.2. The molecule has 5 heteroatoms. The quantitative estimate of drug-likeness (QED) is 0.787. The van der Waals surface area contributed by atoms with Crippen LogP contribution in [0.15, 0.2) is 6.07 Å². The number of nitrogens with zero attached hydrogens (tertiary/aromatic N) is 3. The molecule has 0 aliphatic rings. The molecule has 16 heavy (non-hydrogen) atoms. The molecule has 0 aliphatic carbocycles. The molecule has 1 aromatic rings. The molecule has 5 nitrogen and oxygen atoms in total. The fourth-order valence-electron chi connectivity index (χ4n) is 1.62. The highest BCUT2D eigenvalue weighted by Gasteiger charge is 2.17. The van der Waals surface area contributed by atoms with Gasteiger partial charge in [-0.25, -0.2) is 0 Å². The molecule has 0 spiro atoms. The standard InChI is InChI=1S/C11H20N4O/c1-4-9-8-10(14(3)13-9)11(16)15(5-2)7-6-12/h8H,4-7,12H2,1-3H3. The first-order valence-electron chi connectivity index (χ1n) is 5.66. The Morgan fingerprint density at radius 3 is 2.69 bits per heavy atom. The van der Waals surface area contributed by atoms with Crippen molar-refractivity contribution in [2.45, 2.75) is 20.3 Å². The summed E-state index contributed by atoms with van der Waals surface area (Å²) < 4.78 is 1.64. The average molecular weight is 224 g/mol. The van der Waals surface area contributed by atoms with Crippen LogP contribution in [0.25, 0.3) is 0 Å². The fourth-order valence-corrected chi connectivity index (χ4v) is 1.62. The summed E-state index contributed by atoms with van der Waals surface area (Å²) in [7, 11) is 1.79. The second-order valence-corrected chi connectivity index (χ2v) is 3.67. The minimum Gasteiger partial charge on any atom is -0.336 e. The minimum absolute atomic E-state index is 0.00245. The first-order valence-corrected chi connectivity index (χ1v) is 5.66. The lowest BCUT2D eigenvalue weighted by atomic mass is 10.3. The molecule has 0 bridgehead atoms. The van der Waals surface area contributed by atoms with E-state index in [1.165, 1.54) is 0 Å². The van der Waals surface area contributed by atoms with Crippen LogP contribution in [0.5, 0.6) is 0 Å². The van der Waals surface area contributed by atoms with Gasteiger partial charge in [-0.1, -0.05) is 6.92 Å². The van der Waals surface area contributed by atoms with Gasteiger partial charge in [0.2, 0.25) is 0 Å². The predicted molar refractivity (Wildman–Crippen MR) is 63.2 cm³/mol. The van der Waals surface area contributed by atoms with Crippen molar-refractivity contribution in [2.24, 2.45) is 12.8 Å². The number of hydrogen-bond donors (Lipinski definition) is 1. The van der Waals surface area contributed by atoms with Crippen LogP contribution in [0.3, 0.4) is 0 Å². The second kappa shape index (κ2) is 5.65. The molecule has 2 N–H and O–H groups in total. The number of amides is 1. The van der Waals surface area contributed by atoms with Gasteiger partial charge in [-0.05, 0) is 19.4 Å². The maximum absolute atomic E-state index is 12.1. The van der Waals surface area contributed by atoms with Gasteiger partial charge in [0, 0.05) is 26.7 Å². The van der Waals surface area contributed by atoms with Gasteiger partial charge in [-0.2, -0.15) is 5.10 Å². The van der Waals surface area contributed by atoms with Gasteiger partial charge >= 0.3 is 0 Å². The molecule has 0 radical (unpaired) electrons. The summed E-state index contributed by atoms with van der Waals surface area (Å²) in [6.07, 6.45) is 0.837. The van der Waals surface area contributed by atoms with Crippen molar-refractivity contribution in [3.05, 3.63) is 17.5 Å². The van der Waals surface area contributed by atoms with E-state index in [0.717, 1.165) is 12.1 Å². The number of carbonyl (C=O) groups excluding carboxylic acids is 1. The van der Waals surface area contributed by atoms with Crippen molar-refractivity contribution in [1.29, 1.82) is 0 Å². The maximum atomic E-state index is 12.1. The van der Waals surface area contributed by atoms with Crippen LogP contribution in [0.1, 0.15) is 30.0 Å². The zero-order chi connectivity index (χ0) is 12.1. The topological polar surface area (TPSA) is 64.2 Å². The van der Waals surface area contributed by atoms with Crippen LogP contribution in [0, 0.1) is 0 Å². The van der Waals surface area contributed by atoms with Crippen LogP contribution in [-0.4, -0.2) is 40.2 Å². The number of carbonyl (C=O) groups is 1. The third kappa shape index (κ3) is 2.61. The van der Waals surface area contributed by atoms with Crippen molar-refractivity contribution in [1.82, 2.24) is 14.7 Å². The Balaban J connectivity index is 2.89. The second-order valence-electron chi connectivity index (χ2n) is 3.67. The van der Waals surface area contributed by atoms with E-state index in [1.54, 1.807) is 16.6 Å². The number of aryl methyl sites for hydroxylation is 2. The average Bonchev–Trinajstić information content (AvgIpc) is 2.66. The molecular weight excluding hydrogens is 204 g/mol. The largest absolute Gasteiger partial charge is 0.336 e. The van der Waals surface area contributed by atoms with Crippen LogP contribution in [-0.2, 0) is 13.5 Å². The third-order valence-corrected chi connectivity index (χ3v) is 2.58. The summed E-state index contributed by atoms with van der Waals surface area (Å²) in [5, 5.41) is 4.26. The molecule has 90 valence electrons. The van der Waals surface area contributed by atoms with Gasteiger partial charge in [0.05, 0.1) is 5.69 Å². The zero-order valence-electron chi connectivity index (χ0n) is 10.2. The van der Waals surface area contributed by atoms with Crippen molar-refractivity contribution in [3.8, 4) is 0 Å². The molecule has 0 aromatic carbocycles. The molecule has 0 fully saturated rings. The number of likely N-dealkylation sites (N-methyl/N-ethyl adjacent to an activating group) is 1. The van der Waals surface area contributed by atoms with E-state index >= 15 is 0 Å². The monoisotopic (exact) mass is 224 g/mol. The van der Waals surface area contributed by atoms with Gasteiger partial charge in [-0.15, -0.1) is 0 Å². The van der Waals surface area contributed by atoms with Crippen molar-refractivity contribution in [3.63, 3.8) is 0 Å². The van der Waals surface area contributed by atoms with Crippen LogP contribution >= 0.6 is 0 Å². The van der Waals surface area contributed by atoms with E-state index in [4.69, 9.17) is 5.73 Å². The lowest BCUT2D eigenvalue weighted by Crippen LogP contribution is -2.36. The SMILES string of the molecule is CCc1cc(C(=O)N(CC)CCN)n(C)n1. The van der Waals surface area contributed by atoms with Crippen LogP contribution in [0.4, 0.5) is 0 Å². The summed E-state index contributed by atoms with van der Waals surface area (Å²) in [4.78, 5) is 13.9. The molecule has 0 saturated heterocycles. The Kier molecular flexibility index (Phi) is 4.49. The number of nitrogens with two attached hydrogens (primary N) is 1. The van der Waals surface area contributed by atoms with Gasteiger partial charge in [0.1, 0.15) is 5.69 Å². The molecule has 0 aliphatic heterocycles. The third-order valence-electron chi connectivity index (χ3n) is 2.58. The summed E-state index contributed by atoms with van der Waals surface area (Å²) in [6, 6.07) is 1.85. The first kappa shape index (κ1) is 12.7. The van der Waals surface area contributed by atoms with Crippen LogP contribution in [0.2, 0.25) is 0 Å². The van der Waals surface area contributed by atoms with E-state index in [2.05, 4.69) is 5.10 Å².